The molecule has 4 rings (SSSR count). The van der Waals surface area contributed by atoms with Crippen molar-refractivity contribution >= 4 is 29.1 Å². The van der Waals surface area contributed by atoms with E-state index >= 15 is 0 Å². The number of aromatic nitrogens is 1. The van der Waals surface area contributed by atoms with Crippen molar-refractivity contribution in [2.45, 2.75) is 26.8 Å². The number of aromatic hydroxyl groups is 1. The van der Waals surface area contributed by atoms with Gasteiger partial charge in [-0.25, -0.2) is 4.68 Å². The van der Waals surface area contributed by atoms with E-state index < -0.39 is 0 Å². The van der Waals surface area contributed by atoms with Crippen LogP contribution in [0.3, 0.4) is 0 Å². The number of carbonyl (C=O) groups excluding carboxylic acids is 1. The number of carbonyl (C=O) groups is 1. The van der Waals surface area contributed by atoms with E-state index in [0.717, 1.165) is 11.3 Å². The van der Waals surface area contributed by atoms with Gasteiger partial charge in [-0.1, -0.05) is 6.07 Å². The number of amides is 1. The van der Waals surface area contributed by atoms with Crippen molar-refractivity contribution in [1.29, 1.82) is 0 Å². The van der Waals surface area contributed by atoms with Gasteiger partial charge in [0.2, 0.25) is 4.80 Å². The average Bonchev–Trinajstić information content (AvgIpc) is 3.15. The number of para-hydroxylation sites is 1. The number of nitrogens with one attached hydrogen (secondary N) is 1. The highest BCUT2D eigenvalue weighted by atomic mass is 32.1. The van der Waals surface area contributed by atoms with Crippen molar-refractivity contribution in [1.82, 2.24) is 4.68 Å². The molecule has 0 bridgehead atoms. The minimum absolute atomic E-state index is 0.0107. The van der Waals surface area contributed by atoms with Gasteiger partial charge >= 0.3 is 0 Å². The lowest BCUT2D eigenvalue weighted by Crippen LogP contribution is -2.25. The quantitative estimate of drug-likeness (QED) is 0.555. The molecule has 8 nitrogen and oxygen atoms in total. The predicted molar refractivity (Wildman–Crippen MR) is 125 cm³/mol. The Bertz CT molecular complexity index is 1240. The summed E-state index contributed by atoms with van der Waals surface area (Å²) < 4.78 is 12.7. The van der Waals surface area contributed by atoms with E-state index in [4.69, 9.17) is 9.47 Å². The molecule has 1 amide bonds. The van der Waals surface area contributed by atoms with Gasteiger partial charge in [0.05, 0.1) is 24.2 Å². The van der Waals surface area contributed by atoms with Crippen LogP contribution in [0.4, 0.5) is 5.69 Å². The molecular formula is C23H24N4O4S. The molecule has 0 atom stereocenters. The number of phenolic OH excluding ortho intramolecular Hbond substituents is 1. The van der Waals surface area contributed by atoms with Crippen molar-refractivity contribution in [2.24, 2.45) is 10.1 Å². The summed E-state index contributed by atoms with van der Waals surface area (Å²) in [6, 6.07) is 10.9. The molecule has 2 aromatic carbocycles. The first kappa shape index (κ1) is 21.6. The Morgan fingerprint density at radius 1 is 1.34 bits per heavy atom. The zero-order valence-electron chi connectivity index (χ0n) is 18.0. The van der Waals surface area contributed by atoms with Crippen LogP contribution < -0.4 is 19.6 Å². The van der Waals surface area contributed by atoms with E-state index in [1.807, 2.05) is 44.4 Å². The molecule has 2 heterocycles. The maximum absolute atomic E-state index is 11.7. The normalized spacial score (nSPS) is 13.9. The number of thiazole rings is 1. The molecule has 0 radical (unpaired) electrons. The molecule has 166 valence electrons. The maximum atomic E-state index is 11.7. The van der Waals surface area contributed by atoms with Gasteiger partial charge in [-0.2, -0.15) is 5.10 Å². The van der Waals surface area contributed by atoms with Crippen LogP contribution in [-0.2, 0) is 4.79 Å². The van der Waals surface area contributed by atoms with E-state index in [1.54, 1.807) is 29.1 Å². The smallest absolute Gasteiger partial charge is 0.262 e. The van der Waals surface area contributed by atoms with Crippen LogP contribution in [-0.4, -0.2) is 41.2 Å². The summed E-state index contributed by atoms with van der Waals surface area (Å²) in [5.41, 5.74) is 2.79. The molecule has 0 spiro atoms. The first-order valence-electron chi connectivity index (χ1n) is 10.3. The molecule has 1 aliphatic rings. The summed E-state index contributed by atoms with van der Waals surface area (Å²) >= 11 is 1.46. The van der Waals surface area contributed by atoms with Crippen LogP contribution in [0.1, 0.15) is 26.3 Å². The fourth-order valence-corrected chi connectivity index (χ4v) is 4.17. The van der Waals surface area contributed by atoms with E-state index in [0.29, 0.717) is 34.2 Å². The van der Waals surface area contributed by atoms with Crippen molar-refractivity contribution in [3.63, 3.8) is 0 Å². The van der Waals surface area contributed by atoms with Crippen molar-refractivity contribution in [3.8, 4) is 28.5 Å². The summed E-state index contributed by atoms with van der Waals surface area (Å²) in [6.45, 7) is 6.32. The number of anilines is 1. The summed E-state index contributed by atoms with van der Waals surface area (Å²) in [5.74, 6) is 0.880. The summed E-state index contributed by atoms with van der Waals surface area (Å²) in [5, 5.41) is 19.9. The number of phenols is 1. The van der Waals surface area contributed by atoms with Crippen LogP contribution in [0, 0.1) is 0 Å². The number of hydrogen-bond acceptors (Lipinski definition) is 7. The van der Waals surface area contributed by atoms with E-state index in [2.05, 4.69) is 15.4 Å². The molecule has 3 aromatic rings. The van der Waals surface area contributed by atoms with Gasteiger partial charge in [0.1, 0.15) is 5.75 Å². The topological polar surface area (TPSA) is 97.4 Å². The van der Waals surface area contributed by atoms with E-state index in [9.17, 15) is 9.90 Å². The number of ether oxygens (including phenoxy) is 2. The highest BCUT2D eigenvalue weighted by Gasteiger charge is 2.18. The molecule has 0 saturated carbocycles. The Balaban J connectivity index is 1.78. The Morgan fingerprint density at radius 2 is 2.19 bits per heavy atom. The lowest BCUT2D eigenvalue weighted by molar-refractivity contribution is -0.118. The van der Waals surface area contributed by atoms with Gasteiger partial charge in [-0.3, -0.25) is 9.79 Å². The molecule has 2 N–H and O–H groups in total. The Labute approximate surface area is 189 Å². The monoisotopic (exact) mass is 452 g/mol. The third-order valence-electron chi connectivity index (χ3n) is 4.60. The number of nitrogens with zero attached hydrogens (tertiary/aromatic N) is 3. The molecule has 0 aliphatic carbocycles. The number of fused-ring (bicyclic) bond motifs is 1. The largest absolute Gasteiger partial charge is 0.504 e. The van der Waals surface area contributed by atoms with Crippen LogP contribution in [0.25, 0.3) is 11.3 Å². The van der Waals surface area contributed by atoms with E-state index in [-0.39, 0.29) is 24.3 Å². The van der Waals surface area contributed by atoms with Crippen LogP contribution in [0.15, 0.2) is 51.9 Å². The first-order valence-corrected chi connectivity index (χ1v) is 11.1. The SMILES string of the molecule is CCOc1cccc(C=Nn2c(-c3ccc4c(c3)NC(=O)CO4)csc2=NC(C)C)c1O. The minimum atomic E-state index is -0.189. The van der Waals surface area contributed by atoms with Crippen molar-refractivity contribution in [2.75, 3.05) is 18.5 Å². The maximum Gasteiger partial charge on any atom is 0.262 e. The molecule has 0 unspecified atom stereocenters. The van der Waals surface area contributed by atoms with Gasteiger partial charge < -0.3 is 19.9 Å². The summed E-state index contributed by atoms with van der Waals surface area (Å²) in [7, 11) is 0. The second-order valence-electron chi connectivity index (χ2n) is 7.36. The fraction of sp³-hybridized carbons (Fsp3) is 0.261. The molecular weight excluding hydrogens is 428 g/mol. The second-order valence-corrected chi connectivity index (χ2v) is 8.19. The number of hydrogen-bond donors (Lipinski definition) is 2. The zero-order chi connectivity index (χ0) is 22.7. The van der Waals surface area contributed by atoms with Crippen LogP contribution in [0.2, 0.25) is 0 Å². The van der Waals surface area contributed by atoms with E-state index in [1.165, 1.54) is 11.3 Å². The molecule has 1 aromatic heterocycles. The molecule has 1 aliphatic heterocycles. The lowest BCUT2D eigenvalue weighted by atomic mass is 10.1. The third kappa shape index (κ3) is 4.52. The summed E-state index contributed by atoms with van der Waals surface area (Å²) in [4.78, 5) is 17.1. The Morgan fingerprint density at radius 3 is 2.97 bits per heavy atom. The minimum Gasteiger partial charge on any atom is -0.504 e. The number of benzene rings is 2. The number of rotatable bonds is 6. The zero-order valence-corrected chi connectivity index (χ0v) is 18.8. The first-order chi connectivity index (χ1) is 15.5. The van der Waals surface area contributed by atoms with Crippen molar-refractivity contribution in [3.05, 3.63) is 52.1 Å². The molecule has 32 heavy (non-hydrogen) atoms. The Kier molecular flexibility index (Phi) is 6.27. The van der Waals surface area contributed by atoms with Gasteiger partial charge in [0.25, 0.3) is 5.91 Å². The van der Waals surface area contributed by atoms with Crippen LogP contribution >= 0.6 is 11.3 Å². The predicted octanol–water partition coefficient (Wildman–Crippen LogP) is 3.84. The standard InChI is InChI=1S/C23H24N4O4S/c1-4-30-20-7-5-6-16(22(20)29)11-24-27-18(13-32-23(27)25-14(2)3)15-8-9-19-17(10-15)26-21(28)12-31-19/h5-11,13-14,29H,4,12H2,1-3H3,(H,26,28). The molecule has 9 heteroatoms. The van der Waals surface area contributed by atoms with Gasteiger partial charge in [-0.15, -0.1) is 11.3 Å². The average molecular weight is 453 g/mol. The molecule has 0 saturated heterocycles. The lowest BCUT2D eigenvalue weighted by Gasteiger charge is -2.18. The Hall–Kier alpha value is -3.59. The molecule has 0 fully saturated rings. The highest BCUT2D eigenvalue weighted by Crippen LogP contribution is 2.33. The highest BCUT2D eigenvalue weighted by molar-refractivity contribution is 7.07. The van der Waals surface area contributed by atoms with Gasteiger partial charge in [-0.05, 0) is 51.1 Å². The van der Waals surface area contributed by atoms with Crippen LogP contribution in [0.5, 0.6) is 17.2 Å². The van der Waals surface area contributed by atoms with Gasteiger partial charge in [0, 0.05) is 22.5 Å². The second kappa shape index (κ2) is 9.27. The third-order valence-corrected chi connectivity index (χ3v) is 5.43. The van der Waals surface area contributed by atoms with Crippen molar-refractivity contribution < 1.29 is 19.4 Å². The van der Waals surface area contributed by atoms with Gasteiger partial charge in [0.15, 0.2) is 18.1 Å². The fourth-order valence-electron chi connectivity index (χ4n) is 3.20. The summed E-state index contributed by atoms with van der Waals surface area (Å²) in [6.07, 6.45) is 1.58.